The third-order valence-electron chi connectivity index (χ3n) is 3.40. The summed E-state index contributed by atoms with van der Waals surface area (Å²) in [7, 11) is 0. The lowest BCUT2D eigenvalue weighted by Crippen LogP contribution is -2.27. The Morgan fingerprint density at radius 3 is 2.48 bits per heavy atom. The van der Waals surface area contributed by atoms with E-state index >= 15 is 0 Å². The number of hydrogen-bond donors (Lipinski definition) is 2. The SMILES string of the molecule is CCCOC(=O)c1ccc(NC(=O)CNCc2ccccc2Cl)cc1. The highest BCUT2D eigenvalue weighted by Gasteiger charge is 2.08. The van der Waals surface area contributed by atoms with Crippen molar-refractivity contribution < 1.29 is 14.3 Å². The molecule has 0 spiro atoms. The summed E-state index contributed by atoms with van der Waals surface area (Å²) < 4.78 is 5.06. The smallest absolute Gasteiger partial charge is 0.338 e. The molecule has 2 aromatic rings. The van der Waals surface area contributed by atoms with Gasteiger partial charge in [0, 0.05) is 17.3 Å². The Hall–Kier alpha value is -2.37. The second kappa shape index (κ2) is 9.81. The van der Waals surface area contributed by atoms with E-state index < -0.39 is 0 Å². The lowest BCUT2D eigenvalue weighted by molar-refractivity contribution is -0.115. The van der Waals surface area contributed by atoms with Crippen molar-refractivity contribution in [2.24, 2.45) is 0 Å². The van der Waals surface area contributed by atoms with Gasteiger partial charge in [0.25, 0.3) is 0 Å². The molecule has 0 aliphatic carbocycles. The van der Waals surface area contributed by atoms with Gasteiger partial charge in [0.1, 0.15) is 0 Å². The molecule has 0 saturated heterocycles. The van der Waals surface area contributed by atoms with Crippen molar-refractivity contribution in [3.05, 3.63) is 64.7 Å². The van der Waals surface area contributed by atoms with Gasteiger partial charge in [-0.1, -0.05) is 36.7 Å². The molecular weight excluding hydrogens is 340 g/mol. The van der Waals surface area contributed by atoms with Gasteiger partial charge in [-0.05, 0) is 42.3 Å². The summed E-state index contributed by atoms with van der Waals surface area (Å²) in [4.78, 5) is 23.7. The summed E-state index contributed by atoms with van der Waals surface area (Å²) in [6.07, 6.45) is 0.779. The van der Waals surface area contributed by atoms with E-state index in [1.54, 1.807) is 24.3 Å². The van der Waals surface area contributed by atoms with Crippen LogP contribution < -0.4 is 10.6 Å². The summed E-state index contributed by atoms with van der Waals surface area (Å²) in [5.41, 5.74) is 2.02. The molecule has 6 heteroatoms. The van der Waals surface area contributed by atoms with Crippen LogP contribution in [-0.4, -0.2) is 25.0 Å². The Balaban J connectivity index is 1.78. The minimum absolute atomic E-state index is 0.158. The first-order valence-corrected chi connectivity index (χ1v) is 8.49. The van der Waals surface area contributed by atoms with Crippen molar-refractivity contribution in [2.75, 3.05) is 18.5 Å². The molecule has 132 valence electrons. The highest BCUT2D eigenvalue weighted by atomic mass is 35.5. The molecule has 0 saturated carbocycles. The number of ether oxygens (including phenoxy) is 1. The molecule has 0 fully saturated rings. The van der Waals surface area contributed by atoms with Crippen LogP contribution in [0.4, 0.5) is 5.69 Å². The number of benzene rings is 2. The van der Waals surface area contributed by atoms with Crippen LogP contribution in [0.1, 0.15) is 29.3 Å². The zero-order chi connectivity index (χ0) is 18.1. The van der Waals surface area contributed by atoms with Crippen molar-refractivity contribution in [1.82, 2.24) is 5.32 Å². The quantitative estimate of drug-likeness (QED) is 0.705. The number of hydrogen-bond acceptors (Lipinski definition) is 4. The largest absolute Gasteiger partial charge is 0.462 e. The van der Waals surface area contributed by atoms with Crippen molar-refractivity contribution in [3.63, 3.8) is 0 Å². The fraction of sp³-hybridized carbons (Fsp3) is 0.263. The van der Waals surface area contributed by atoms with Crippen LogP contribution >= 0.6 is 11.6 Å². The van der Waals surface area contributed by atoms with Gasteiger partial charge in [-0.2, -0.15) is 0 Å². The molecule has 0 radical (unpaired) electrons. The number of halogens is 1. The molecule has 0 aliphatic heterocycles. The van der Waals surface area contributed by atoms with Gasteiger partial charge in [0.2, 0.25) is 5.91 Å². The molecule has 0 aromatic heterocycles. The van der Waals surface area contributed by atoms with Crippen molar-refractivity contribution >= 4 is 29.2 Å². The molecule has 2 rings (SSSR count). The van der Waals surface area contributed by atoms with Crippen molar-refractivity contribution in [1.29, 1.82) is 0 Å². The van der Waals surface area contributed by atoms with Crippen LogP contribution in [0.5, 0.6) is 0 Å². The second-order valence-electron chi connectivity index (χ2n) is 5.46. The average molecular weight is 361 g/mol. The Morgan fingerprint density at radius 1 is 1.08 bits per heavy atom. The molecule has 0 aliphatic rings. The lowest BCUT2D eigenvalue weighted by Gasteiger charge is -2.08. The van der Waals surface area contributed by atoms with E-state index in [2.05, 4.69) is 10.6 Å². The van der Waals surface area contributed by atoms with Gasteiger partial charge in [0.15, 0.2) is 0 Å². The van der Waals surface area contributed by atoms with E-state index in [0.717, 1.165) is 12.0 Å². The molecule has 1 amide bonds. The van der Waals surface area contributed by atoms with Gasteiger partial charge in [-0.25, -0.2) is 4.79 Å². The first kappa shape index (κ1) is 19.0. The molecule has 0 atom stereocenters. The standard InChI is InChI=1S/C19H21ClN2O3/c1-2-11-25-19(24)14-7-9-16(10-8-14)22-18(23)13-21-12-15-5-3-4-6-17(15)20/h3-10,21H,2,11-13H2,1H3,(H,22,23). The minimum atomic E-state index is -0.360. The maximum Gasteiger partial charge on any atom is 0.338 e. The van der Waals surface area contributed by atoms with E-state index in [0.29, 0.717) is 29.4 Å². The van der Waals surface area contributed by atoms with E-state index in [-0.39, 0.29) is 18.4 Å². The highest BCUT2D eigenvalue weighted by Crippen LogP contribution is 2.14. The monoisotopic (exact) mass is 360 g/mol. The molecule has 2 N–H and O–H groups in total. The van der Waals surface area contributed by atoms with Gasteiger partial charge >= 0.3 is 5.97 Å². The van der Waals surface area contributed by atoms with E-state index in [9.17, 15) is 9.59 Å². The average Bonchev–Trinajstić information content (AvgIpc) is 2.62. The molecule has 0 heterocycles. The number of esters is 1. The zero-order valence-corrected chi connectivity index (χ0v) is 14.8. The molecule has 25 heavy (non-hydrogen) atoms. The Kier molecular flexibility index (Phi) is 7.44. The summed E-state index contributed by atoms with van der Waals surface area (Å²) in [5.74, 6) is -0.533. The van der Waals surface area contributed by atoms with E-state index in [4.69, 9.17) is 16.3 Å². The first-order chi connectivity index (χ1) is 12.1. The Bertz CT molecular complexity index is 717. The van der Waals surface area contributed by atoms with Crippen LogP contribution in [0.15, 0.2) is 48.5 Å². The third-order valence-corrected chi connectivity index (χ3v) is 3.77. The fourth-order valence-electron chi connectivity index (χ4n) is 2.13. The number of rotatable bonds is 8. The molecular formula is C19H21ClN2O3. The predicted molar refractivity (Wildman–Crippen MR) is 98.8 cm³/mol. The van der Waals surface area contributed by atoms with E-state index in [1.807, 2.05) is 31.2 Å². The minimum Gasteiger partial charge on any atom is -0.462 e. The summed E-state index contributed by atoms with van der Waals surface area (Å²) >= 11 is 6.06. The van der Waals surface area contributed by atoms with Crippen LogP contribution in [0.3, 0.4) is 0 Å². The molecule has 0 bridgehead atoms. The van der Waals surface area contributed by atoms with E-state index in [1.165, 1.54) is 0 Å². The lowest BCUT2D eigenvalue weighted by atomic mass is 10.2. The number of amides is 1. The Labute approximate surface area is 152 Å². The Morgan fingerprint density at radius 2 is 1.80 bits per heavy atom. The number of carbonyl (C=O) groups is 2. The topological polar surface area (TPSA) is 67.4 Å². The normalized spacial score (nSPS) is 10.3. The highest BCUT2D eigenvalue weighted by molar-refractivity contribution is 6.31. The molecule has 5 nitrogen and oxygen atoms in total. The first-order valence-electron chi connectivity index (χ1n) is 8.11. The van der Waals surface area contributed by atoms with Gasteiger partial charge in [0.05, 0.1) is 18.7 Å². The summed E-state index contributed by atoms with van der Waals surface area (Å²) in [6, 6.07) is 14.1. The van der Waals surface area contributed by atoms with Crippen LogP contribution in [0.25, 0.3) is 0 Å². The maximum absolute atomic E-state index is 11.9. The number of anilines is 1. The molecule has 2 aromatic carbocycles. The number of nitrogens with one attached hydrogen (secondary N) is 2. The van der Waals surface area contributed by atoms with Crippen molar-refractivity contribution in [2.45, 2.75) is 19.9 Å². The van der Waals surface area contributed by atoms with Crippen LogP contribution in [0, 0.1) is 0 Å². The van der Waals surface area contributed by atoms with Crippen molar-refractivity contribution in [3.8, 4) is 0 Å². The summed E-state index contributed by atoms with van der Waals surface area (Å²) in [6.45, 7) is 3.00. The van der Waals surface area contributed by atoms with Gasteiger partial charge < -0.3 is 15.4 Å². The maximum atomic E-state index is 11.9. The second-order valence-corrected chi connectivity index (χ2v) is 5.86. The van der Waals surface area contributed by atoms with Crippen LogP contribution in [-0.2, 0) is 16.1 Å². The zero-order valence-electron chi connectivity index (χ0n) is 14.0. The molecule has 0 unspecified atom stereocenters. The van der Waals surface area contributed by atoms with Gasteiger partial charge in [-0.3, -0.25) is 4.79 Å². The fourth-order valence-corrected chi connectivity index (χ4v) is 2.33. The van der Waals surface area contributed by atoms with Gasteiger partial charge in [-0.15, -0.1) is 0 Å². The third kappa shape index (κ3) is 6.21. The number of carbonyl (C=O) groups excluding carboxylic acids is 2. The predicted octanol–water partition coefficient (Wildman–Crippen LogP) is 3.64. The summed E-state index contributed by atoms with van der Waals surface area (Å²) in [5, 5.41) is 6.48. The van der Waals surface area contributed by atoms with Crippen LogP contribution in [0.2, 0.25) is 5.02 Å².